The number of hydrogen-bond donors (Lipinski definition) is 2. The van der Waals surface area contributed by atoms with Crippen molar-refractivity contribution in [2.45, 2.75) is 18.1 Å². The third kappa shape index (κ3) is 5.25. The van der Waals surface area contributed by atoms with Crippen LogP contribution in [0.5, 0.6) is 0 Å². The van der Waals surface area contributed by atoms with Crippen LogP contribution in [0.15, 0.2) is 29.6 Å². The van der Waals surface area contributed by atoms with Gasteiger partial charge in [-0.3, -0.25) is 19.8 Å². The van der Waals surface area contributed by atoms with E-state index in [1.807, 2.05) is 25.1 Å². The van der Waals surface area contributed by atoms with E-state index in [4.69, 9.17) is 4.74 Å². The molecule has 0 radical (unpaired) electrons. The number of thioether (sulfide) groups is 1. The van der Waals surface area contributed by atoms with Crippen LogP contribution in [0.25, 0.3) is 0 Å². The van der Waals surface area contributed by atoms with Gasteiger partial charge in [-0.2, -0.15) is 0 Å². The lowest BCUT2D eigenvalue weighted by molar-refractivity contribution is -0.118. The fourth-order valence-electron chi connectivity index (χ4n) is 2.66. The Morgan fingerprint density at radius 3 is 2.96 bits per heavy atom. The monoisotopic (exact) mass is 362 g/mol. The van der Waals surface area contributed by atoms with Crippen molar-refractivity contribution in [3.8, 4) is 0 Å². The topological polar surface area (TPSA) is 96.0 Å². The lowest BCUT2D eigenvalue weighted by Crippen LogP contribution is -2.44. The molecule has 25 heavy (non-hydrogen) atoms. The maximum Gasteiger partial charge on any atom is 0.230 e. The lowest BCUT2D eigenvalue weighted by atomic mass is 10.1. The van der Waals surface area contributed by atoms with Gasteiger partial charge in [-0.15, -0.1) is 5.10 Å². The molecule has 1 fully saturated rings. The predicted molar refractivity (Wildman–Crippen MR) is 94.2 cm³/mol. The van der Waals surface area contributed by atoms with Gasteiger partial charge in [0.2, 0.25) is 11.1 Å². The highest BCUT2D eigenvalue weighted by Gasteiger charge is 2.24. The Morgan fingerprint density at radius 1 is 1.44 bits per heavy atom. The first kappa shape index (κ1) is 17.8. The summed E-state index contributed by atoms with van der Waals surface area (Å²) in [7, 11) is 0. The Balaban J connectivity index is 1.55. The summed E-state index contributed by atoms with van der Waals surface area (Å²) >= 11 is 1.32. The van der Waals surface area contributed by atoms with E-state index < -0.39 is 0 Å². The highest BCUT2D eigenvalue weighted by molar-refractivity contribution is 7.99. The van der Waals surface area contributed by atoms with E-state index in [1.54, 1.807) is 6.20 Å². The molecule has 1 amide bonds. The zero-order valence-electron chi connectivity index (χ0n) is 14.1. The quantitative estimate of drug-likeness (QED) is 0.703. The van der Waals surface area contributed by atoms with Gasteiger partial charge in [0.1, 0.15) is 5.82 Å². The minimum absolute atomic E-state index is 0.0401. The first-order chi connectivity index (χ1) is 12.2. The number of carbonyl (C=O) groups is 1. The largest absolute Gasteiger partial charge is 0.379 e. The first-order valence-corrected chi connectivity index (χ1v) is 9.22. The SMILES string of the molecule is Cc1nc(SCC(=O)NC[C@H](c2ccccn2)N2CCOCC2)n[nH]1. The maximum absolute atomic E-state index is 12.2. The molecule has 0 spiro atoms. The van der Waals surface area contributed by atoms with Crippen molar-refractivity contribution < 1.29 is 9.53 Å². The van der Waals surface area contributed by atoms with Crippen LogP contribution in [-0.4, -0.2) is 69.6 Å². The van der Waals surface area contributed by atoms with E-state index in [0.29, 0.717) is 24.9 Å². The molecular weight excluding hydrogens is 340 g/mol. The number of H-pyrrole nitrogens is 1. The Morgan fingerprint density at radius 2 is 2.28 bits per heavy atom. The molecule has 2 aromatic rings. The minimum atomic E-state index is -0.0401. The highest BCUT2D eigenvalue weighted by atomic mass is 32.2. The molecule has 1 atom stereocenters. The standard InChI is InChI=1S/C16H22N6O2S/c1-12-19-16(21-20-12)25-11-15(23)18-10-14(13-4-2-3-5-17-13)22-6-8-24-9-7-22/h2-5,14H,6-11H2,1H3,(H,18,23)(H,19,20,21)/t14-/m1/s1. The molecule has 2 N–H and O–H groups in total. The average Bonchev–Trinajstić information content (AvgIpc) is 3.07. The summed E-state index contributed by atoms with van der Waals surface area (Å²) < 4.78 is 5.43. The molecule has 2 aromatic heterocycles. The van der Waals surface area contributed by atoms with E-state index in [9.17, 15) is 4.79 Å². The number of ether oxygens (including phenoxy) is 1. The fraction of sp³-hybridized carbons (Fsp3) is 0.500. The van der Waals surface area contributed by atoms with Crippen molar-refractivity contribution in [3.05, 3.63) is 35.9 Å². The summed E-state index contributed by atoms with van der Waals surface area (Å²) in [4.78, 5) is 23.1. The van der Waals surface area contributed by atoms with Crippen molar-refractivity contribution in [2.75, 3.05) is 38.6 Å². The Hall–Kier alpha value is -1.97. The summed E-state index contributed by atoms with van der Waals surface area (Å²) in [5, 5.41) is 10.4. The van der Waals surface area contributed by atoms with Crippen LogP contribution in [0.4, 0.5) is 0 Å². The van der Waals surface area contributed by atoms with Gasteiger partial charge in [-0.05, 0) is 19.1 Å². The van der Waals surface area contributed by atoms with Crippen LogP contribution in [0.2, 0.25) is 0 Å². The molecule has 0 aromatic carbocycles. The molecule has 9 heteroatoms. The Kier molecular flexibility index (Phi) is 6.37. The second-order valence-electron chi connectivity index (χ2n) is 5.71. The van der Waals surface area contributed by atoms with E-state index in [0.717, 1.165) is 24.6 Å². The highest BCUT2D eigenvalue weighted by Crippen LogP contribution is 2.19. The molecule has 0 saturated carbocycles. The van der Waals surface area contributed by atoms with E-state index >= 15 is 0 Å². The van der Waals surface area contributed by atoms with Crippen LogP contribution < -0.4 is 5.32 Å². The number of hydrogen-bond acceptors (Lipinski definition) is 7. The molecule has 1 aliphatic heterocycles. The van der Waals surface area contributed by atoms with Gasteiger partial charge in [-0.25, -0.2) is 4.98 Å². The van der Waals surface area contributed by atoms with Gasteiger partial charge in [0.05, 0.1) is 30.7 Å². The molecule has 3 rings (SSSR count). The van der Waals surface area contributed by atoms with Gasteiger partial charge in [0, 0.05) is 25.8 Å². The zero-order chi connectivity index (χ0) is 17.5. The van der Waals surface area contributed by atoms with Crippen molar-refractivity contribution in [2.24, 2.45) is 0 Å². The van der Waals surface area contributed by atoms with Crippen molar-refractivity contribution >= 4 is 17.7 Å². The molecule has 1 saturated heterocycles. The molecular formula is C16H22N6O2S. The number of rotatable bonds is 7. The number of aromatic nitrogens is 4. The van der Waals surface area contributed by atoms with E-state index in [-0.39, 0.29) is 17.7 Å². The van der Waals surface area contributed by atoms with Crippen molar-refractivity contribution in [1.82, 2.24) is 30.4 Å². The summed E-state index contributed by atoms with van der Waals surface area (Å²) in [6.45, 7) is 5.43. The Bertz CT molecular complexity index is 674. The minimum Gasteiger partial charge on any atom is -0.379 e. The molecule has 0 unspecified atom stereocenters. The third-order valence-electron chi connectivity index (χ3n) is 3.92. The Labute approximate surface area is 150 Å². The van der Waals surface area contributed by atoms with E-state index in [2.05, 4.69) is 30.4 Å². The first-order valence-electron chi connectivity index (χ1n) is 8.23. The lowest BCUT2D eigenvalue weighted by Gasteiger charge is -2.34. The second kappa shape index (κ2) is 8.93. The van der Waals surface area contributed by atoms with Crippen LogP contribution >= 0.6 is 11.8 Å². The van der Waals surface area contributed by atoms with Gasteiger partial charge in [0.15, 0.2) is 0 Å². The number of morpholine rings is 1. The van der Waals surface area contributed by atoms with Gasteiger partial charge in [0.25, 0.3) is 0 Å². The number of nitrogens with one attached hydrogen (secondary N) is 2. The summed E-state index contributed by atoms with van der Waals surface area (Å²) in [6, 6.07) is 5.91. The number of aryl methyl sites for hydroxylation is 1. The number of amides is 1. The van der Waals surface area contributed by atoms with Gasteiger partial charge < -0.3 is 10.1 Å². The van der Waals surface area contributed by atoms with Crippen LogP contribution in [0, 0.1) is 6.92 Å². The predicted octanol–water partition coefficient (Wildman–Crippen LogP) is 0.790. The average molecular weight is 362 g/mol. The van der Waals surface area contributed by atoms with Crippen LogP contribution in [0.1, 0.15) is 17.6 Å². The number of pyridine rings is 1. The molecule has 8 nitrogen and oxygen atoms in total. The normalized spacial score (nSPS) is 16.5. The van der Waals surface area contributed by atoms with Crippen LogP contribution in [-0.2, 0) is 9.53 Å². The maximum atomic E-state index is 12.2. The number of carbonyl (C=O) groups excluding carboxylic acids is 1. The smallest absolute Gasteiger partial charge is 0.230 e. The molecule has 3 heterocycles. The summed E-state index contributed by atoms with van der Waals surface area (Å²) in [5.41, 5.74) is 0.960. The molecule has 0 bridgehead atoms. The zero-order valence-corrected chi connectivity index (χ0v) is 15.0. The number of aromatic amines is 1. The second-order valence-corrected chi connectivity index (χ2v) is 6.66. The fourth-order valence-corrected chi connectivity index (χ4v) is 3.34. The number of nitrogens with zero attached hydrogens (tertiary/aromatic N) is 4. The van der Waals surface area contributed by atoms with Crippen LogP contribution in [0.3, 0.4) is 0 Å². The van der Waals surface area contributed by atoms with E-state index in [1.165, 1.54) is 11.8 Å². The molecule has 0 aliphatic carbocycles. The van der Waals surface area contributed by atoms with Crippen molar-refractivity contribution in [1.29, 1.82) is 0 Å². The third-order valence-corrected chi connectivity index (χ3v) is 4.76. The summed E-state index contributed by atoms with van der Waals surface area (Å²) in [5.74, 6) is 0.988. The molecule has 134 valence electrons. The molecule has 1 aliphatic rings. The van der Waals surface area contributed by atoms with Gasteiger partial charge in [-0.1, -0.05) is 17.8 Å². The van der Waals surface area contributed by atoms with Gasteiger partial charge >= 0.3 is 0 Å². The van der Waals surface area contributed by atoms with Crippen molar-refractivity contribution in [3.63, 3.8) is 0 Å². The summed E-state index contributed by atoms with van der Waals surface area (Å²) in [6.07, 6.45) is 1.78.